The van der Waals surface area contributed by atoms with E-state index in [4.69, 9.17) is 11.6 Å². The van der Waals surface area contributed by atoms with Gasteiger partial charge in [0, 0.05) is 22.0 Å². The molecule has 7 nitrogen and oxygen atoms in total. The van der Waals surface area contributed by atoms with Crippen LogP contribution < -0.4 is 15.4 Å². The van der Waals surface area contributed by atoms with Gasteiger partial charge in [-0.05, 0) is 54.6 Å². The normalized spacial score (nSPS) is 10.8. The highest BCUT2D eigenvalue weighted by Crippen LogP contribution is 2.18. The van der Waals surface area contributed by atoms with Crippen LogP contribution in [0.4, 0.5) is 11.4 Å². The second kappa shape index (κ2) is 9.43. The zero-order valence-corrected chi connectivity index (χ0v) is 17.2. The highest BCUT2D eigenvalue weighted by Gasteiger charge is 2.14. The van der Waals surface area contributed by atoms with E-state index < -0.39 is 21.8 Å². The molecule has 0 radical (unpaired) electrons. The molecule has 154 valence electrons. The third-order valence-corrected chi connectivity index (χ3v) is 5.60. The quantitative estimate of drug-likeness (QED) is 0.519. The molecule has 0 heterocycles. The first-order valence-electron chi connectivity index (χ1n) is 8.85. The predicted octanol–water partition coefficient (Wildman–Crippen LogP) is 3.51. The largest absolute Gasteiger partial charge is 0.343 e. The van der Waals surface area contributed by atoms with E-state index in [1.54, 1.807) is 48.5 Å². The fraction of sp³-hybridized carbons (Fsp3) is 0.0476. The summed E-state index contributed by atoms with van der Waals surface area (Å²) in [4.78, 5) is 24.1. The zero-order valence-electron chi connectivity index (χ0n) is 15.6. The van der Waals surface area contributed by atoms with Crippen molar-refractivity contribution in [3.8, 4) is 0 Å². The zero-order chi connectivity index (χ0) is 21.6. The van der Waals surface area contributed by atoms with E-state index in [1.165, 1.54) is 30.3 Å². The average molecular weight is 444 g/mol. The number of hydrogen-bond donors (Lipinski definition) is 3. The topological polar surface area (TPSA) is 104 Å². The molecule has 0 saturated carbocycles. The predicted molar refractivity (Wildman–Crippen MR) is 116 cm³/mol. The lowest BCUT2D eigenvalue weighted by atomic mass is 10.2. The van der Waals surface area contributed by atoms with Gasteiger partial charge in [0.25, 0.3) is 15.9 Å². The molecule has 0 fully saturated rings. The van der Waals surface area contributed by atoms with Crippen LogP contribution in [-0.4, -0.2) is 26.8 Å². The van der Waals surface area contributed by atoms with Gasteiger partial charge in [0.1, 0.15) is 0 Å². The van der Waals surface area contributed by atoms with Crippen molar-refractivity contribution < 1.29 is 18.0 Å². The lowest BCUT2D eigenvalue weighted by Crippen LogP contribution is -2.32. The van der Waals surface area contributed by atoms with Crippen molar-refractivity contribution in [1.29, 1.82) is 0 Å². The number of halogens is 1. The monoisotopic (exact) mass is 443 g/mol. The number of benzene rings is 3. The summed E-state index contributed by atoms with van der Waals surface area (Å²) in [5.74, 6) is -0.885. The summed E-state index contributed by atoms with van der Waals surface area (Å²) in [7, 11) is -3.74. The summed E-state index contributed by atoms with van der Waals surface area (Å²) < 4.78 is 27.3. The smallest absolute Gasteiger partial charge is 0.261 e. The maximum Gasteiger partial charge on any atom is 0.261 e. The summed E-state index contributed by atoms with van der Waals surface area (Å²) in [5.41, 5.74) is 1.19. The molecule has 3 N–H and O–H groups in total. The second-order valence-electron chi connectivity index (χ2n) is 6.24. The van der Waals surface area contributed by atoms with E-state index in [0.29, 0.717) is 22.0 Å². The Labute approximate surface area is 179 Å². The Kier molecular flexibility index (Phi) is 6.71. The maximum absolute atomic E-state index is 12.4. The van der Waals surface area contributed by atoms with E-state index in [2.05, 4.69) is 15.4 Å². The fourth-order valence-electron chi connectivity index (χ4n) is 2.54. The van der Waals surface area contributed by atoms with Crippen LogP contribution in [0.2, 0.25) is 5.02 Å². The minimum absolute atomic E-state index is 0.0543. The molecular weight excluding hydrogens is 426 g/mol. The molecule has 0 unspecified atom stereocenters. The molecule has 0 spiro atoms. The number of para-hydroxylation sites is 1. The number of nitrogens with one attached hydrogen (secondary N) is 3. The Balaban J connectivity index is 1.56. The minimum atomic E-state index is -3.74. The van der Waals surface area contributed by atoms with Crippen LogP contribution in [-0.2, 0) is 14.8 Å². The highest BCUT2D eigenvalue weighted by molar-refractivity contribution is 7.92. The molecule has 2 amide bonds. The van der Waals surface area contributed by atoms with Crippen molar-refractivity contribution in [3.63, 3.8) is 0 Å². The molecule has 3 aromatic rings. The Morgan fingerprint density at radius 3 is 2.20 bits per heavy atom. The van der Waals surface area contributed by atoms with Crippen molar-refractivity contribution >= 4 is 44.8 Å². The molecular formula is C21H18ClN3O4S. The molecule has 0 aliphatic carbocycles. The van der Waals surface area contributed by atoms with Crippen LogP contribution in [0.15, 0.2) is 83.8 Å². The van der Waals surface area contributed by atoms with Crippen molar-refractivity contribution in [3.05, 3.63) is 89.4 Å². The number of anilines is 2. The molecule has 0 aliphatic rings. The van der Waals surface area contributed by atoms with Gasteiger partial charge in [-0.15, -0.1) is 0 Å². The third-order valence-electron chi connectivity index (χ3n) is 3.97. The van der Waals surface area contributed by atoms with Crippen LogP contribution in [0.1, 0.15) is 10.4 Å². The van der Waals surface area contributed by atoms with Crippen molar-refractivity contribution in [2.24, 2.45) is 0 Å². The van der Waals surface area contributed by atoms with E-state index >= 15 is 0 Å². The Morgan fingerprint density at radius 2 is 1.53 bits per heavy atom. The molecule has 0 aliphatic heterocycles. The summed E-state index contributed by atoms with van der Waals surface area (Å²) in [6, 6.07) is 20.6. The number of carbonyl (C=O) groups is 2. The van der Waals surface area contributed by atoms with Crippen molar-refractivity contribution in [2.75, 3.05) is 16.6 Å². The molecule has 0 aromatic heterocycles. The van der Waals surface area contributed by atoms with Crippen LogP contribution in [0.25, 0.3) is 0 Å². The Hall–Kier alpha value is -3.36. The molecule has 3 aromatic carbocycles. The average Bonchev–Trinajstić information content (AvgIpc) is 2.73. The summed E-state index contributed by atoms with van der Waals surface area (Å²) in [6.07, 6.45) is 0. The first kappa shape index (κ1) is 21.4. The van der Waals surface area contributed by atoms with Crippen LogP contribution in [0, 0.1) is 0 Å². The highest BCUT2D eigenvalue weighted by atomic mass is 35.5. The molecule has 30 heavy (non-hydrogen) atoms. The van der Waals surface area contributed by atoms with E-state index in [0.717, 1.165) is 0 Å². The van der Waals surface area contributed by atoms with E-state index in [9.17, 15) is 18.0 Å². The van der Waals surface area contributed by atoms with E-state index in [1.807, 2.05) is 0 Å². The summed E-state index contributed by atoms with van der Waals surface area (Å²) in [6.45, 7) is -0.249. The first-order valence-corrected chi connectivity index (χ1v) is 10.7. The van der Waals surface area contributed by atoms with Gasteiger partial charge in [0.2, 0.25) is 5.91 Å². The van der Waals surface area contributed by atoms with Gasteiger partial charge in [-0.3, -0.25) is 14.3 Å². The standard InChI is InChI=1S/C21H18ClN3O4S/c22-16-6-4-5-15(13-16)21(27)23-14-20(26)24-17-9-11-19(12-10-17)30(28,29)25-18-7-2-1-3-8-18/h1-13,25H,14H2,(H,23,27)(H,24,26). The van der Waals surface area contributed by atoms with E-state index in [-0.39, 0.29) is 11.4 Å². The summed E-state index contributed by atoms with van der Waals surface area (Å²) >= 11 is 5.84. The van der Waals surface area contributed by atoms with Crippen LogP contribution in [0.5, 0.6) is 0 Å². The number of sulfonamides is 1. The SMILES string of the molecule is O=C(CNC(=O)c1cccc(Cl)c1)Nc1ccc(S(=O)(=O)Nc2ccccc2)cc1. The van der Waals surface area contributed by atoms with Gasteiger partial charge < -0.3 is 10.6 Å². The van der Waals surface area contributed by atoms with Gasteiger partial charge in [-0.25, -0.2) is 8.42 Å². The second-order valence-corrected chi connectivity index (χ2v) is 8.36. The third kappa shape index (κ3) is 5.82. The molecule has 9 heteroatoms. The van der Waals surface area contributed by atoms with Gasteiger partial charge in [0.05, 0.1) is 11.4 Å². The fourth-order valence-corrected chi connectivity index (χ4v) is 3.78. The molecule has 3 rings (SSSR count). The number of amides is 2. The van der Waals surface area contributed by atoms with Gasteiger partial charge in [-0.2, -0.15) is 0 Å². The van der Waals surface area contributed by atoms with Gasteiger partial charge >= 0.3 is 0 Å². The Bertz CT molecular complexity index is 1150. The molecule has 0 bridgehead atoms. The van der Waals surface area contributed by atoms with Gasteiger partial charge in [-0.1, -0.05) is 35.9 Å². The minimum Gasteiger partial charge on any atom is -0.343 e. The Morgan fingerprint density at radius 1 is 0.833 bits per heavy atom. The number of hydrogen-bond acceptors (Lipinski definition) is 4. The summed E-state index contributed by atoms with van der Waals surface area (Å²) in [5, 5.41) is 5.51. The van der Waals surface area contributed by atoms with Crippen molar-refractivity contribution in [1.82, 2.24) is 5.32 Å². The lowest BCUT2D eigenvalue weighted by Gasteiger charge is -2.10. The number of carbonyl (C=O) groups excluding carboxylic acids is 2. The van der Waals surface area contributed by atoms with Crippen LogP contribution in [0.3, 0.4) is 0 Å². The maximum atomic E-state index is 12.4. The van der Waals surface area contributed by atoms with Gasteiger partial charge in [0.15, 0.2) is 0 Å². The number of rotatable bonds is 7. The molecule has 0 saturated heterocycles. The van der Waals surface area contributed by atoms with Crippen LogP contribution >= 0.6 is 11.6 Å². The molecule has 0 atom stereocenters. The first-order chi connectivity index (χ1) is 14.3. The van der Waals surface area contributed by atoms with Crippen molar-refractivity contribution in [2.45, 2.75) is 4.90 Å². The lowest BCUT2D eigenvalue weighted by molar-refractivity contribution is -0.115.